The first-order valence-corrected chi connectivity index (χ1v) is 4.04. The van der Waals surface area contributed by atoms with Crippen molar-refractivity contribution < 1.29 is 5.11 Å². The Morgan fingerprint density at radius 1 is 1.50 bits per heavy atom. The van der Waals surface area contributed by atoms with Gasteiger partial charge in [0.25, 0.3) is 0 Å². The average molecular weight is 143 g/mol. The summed E-state index contributed by atoms with van der Waals surface area (Å²) in [4.78, 5) is 0. The van der Waals surface area contributed by atoms with Gasteiger partial charge >= 0.3 is 0 Å². The second kappa shape index (κ2) is 2.89. The first-order valence-electron chi connectivity index (χ1n) is 4.04. The van der Waals surface area contributed by atoms with Gasteiger partial charge in [0, 0.05) is 0 Å². The number of rotatable bonds is 1. The van der Waals surface area contributed by atoms with Crippen LogP contribution in [0.25, 0.3) is 0 Å². The second-order valence-corrected chi connectivity index (χ2v) is 3.75. The van der Waals surface area contributed by atoms with Crippen molar-refractivity contribution in [2.75, 3.05) is 6.54 Å². The third kappa shape index (κ3) is 1.70. The molecule has 2 nitrogen and oxygen atoms in total. The Hall–Kier alpha value is -0.0800. The molecule has 0 unspecified atom stereocenters. The van der Waals surface area contributed by atoms with Crippen molar-refractivity contribution in [3.05, 3.63) is 0 Å². The van der Waals surface area contributed by atoms with Crippen molar-refractivity contribution in [1.82, 2.24) is 0 Å². The molecule has 3 N–H and O–H groups in total. The zero-order valence-corrected chi connectivity index (χ0v) is 6.64. The fourth-order valence-corrected chi connectivity index (χ4v) is 1.50. The molecule has 1 saturated carbocycles. The lowest BCUT2D eigenvalue weighted by Crippen LogP contribution is -2.33. The topological polar surface area (TPSA) is 46.2 Å². The van der Waals surface area contributed by atoms with Gasteiger partial charge in [-0.3, -0.25) is 0 Å². The largest absolute Gasteiger partial charge is 0.393 e. The van der Waals surface area contributed by atoms with Crippen LogP contribution in [-0.2, 0) is 0 Å². The summed E-state index contributed by atoms with van der Waals surface area (Å²) < 4.78 is 0. The number of aliphatic hydroxyl groups is 1. The average Bonchev–Trinajstić information content (AvgIpc) is 1.96. The van der Waals surface area contributed by atoms with E-state index in [1.54, 1.807) is 0 Å². The zero-order chi connectivity index (χ0) is 7.61. The quantitative estimate of drug-likeness (QED) is 0.572. The number of aliphatic hydroxyl groups excluding tert-OH is 1. The normalized spacial score (nSPS) is 41.7. The summed E-state index contributed by atoms with van der Waals surface area (Å²) in [7, 11) is 0. The summed E-state index contributed by atoms with van der Waals surface area (Å²) in [5.74, 6) is 0. The molecule has 0 aromatic heterocycles. The van der Waals surface area contributed by atoms with Crippen LogP contribution in [0.15, 0.2) is 0 Å². The zero-order valence-electron chi connectivity index (χ0n) is 6.64. The van der Waals surface area contributed by atoms with E-state index in [9.17, 15) is 5.11 Å². The van der Waals surface area contributed by atoms with Crippen molar-refractivity contribution in [1.29, 1.82) is 0 Å². The van der Waals surface area contributed by atoms with Gasteiger partial charge in [-0.25, -0.2) is 0 Å². The standard InChI is InChI=1S/C8H17NO/c1-8(6-9)4-2-7(10)3-5-8/h7,10H,2-6,9H2,1H3. The van der Waals surface area contributed by atoms with E-state index in [2.05, 4.69) is 6.92 Å². The highest BCUT2D eigenvalue weighted by Gasteiger charge is 2.28. The molecule has 10 heavy (non-hydrogen) atoms. The minimum absolute atomic E-state index is 0.0559. The number of hydrogen-bond donors (Lipinski definition) is 2. The summed E-state index contributed by atoms with van der Waals surface area (Å²) in [6, 6.07) is 0. The summed E-state index contributed by atoms with van der Waals surface area (Å²) in [5, 5.41) is 9.20. The lowest BCUT2D eigenvalue weighted by Gasteiger charge is -2.34. The van der Waals surface area contributed by atoms with Crippen molar-refractivity contribution in [2.45, 2.75) is 38.7 Å². The fraction of sp³-hybridized carbons (Fsp3) is 1.00. The van der Waals surface area contributed by atoms with Crippen LogP contribution in [0.1, 0.15) is 32.6 Å². The lowest BCUT2D eigenvalue weighted by atomic mass is 9.75. The Kier molecular flexibility index (Phi) is 2.32. The molecule has 1 aliphatic carbocycles. The van der Waals surface area contributed by atoms with E-state index in [1.807, 2.05) is 0 Å². The summed E-state index contributed by atoms with van der Waals surface area (Å²) in [5.41, 5.74) is 5.92. The van der Waals surface area contributed by atoms with Crippen molar-refractivity contribution >= 4 is 0 Å². The van der Waals surface area contributed by atoms with Crippen LogP contribution in [-0.4, -0.2) is 17.8 Å². The molecule has 0 aromatic rings. The van der Waals surface area contributed by atoms with Gasteiger partial charge in [0.1, 0.15) is 0 Å². The maximum absolute atomic E-state index is 9.20. The van der Waals surface area contributed by atoms with Crippen molar-refractivity contribution in [3.8, 4) is 0 Å². The van der Waals surface area contributed by atoms with Gasteiger partial charge in [0.15, 0.2) is 0 Å². The molecule has 0 atom stereocenters. The molecular formula is C8H17NO. The van der Waals surface area contributed by atoms with Gasteiger partial charge in [-0.2, -0.15) is 0 Å². The molecule has 0 aliphatic heterocycles. The Morgan fingerprint density at radius 3 is 2.40 bits per heavy atom. The molecule has 2 heteroatoms. The van der Waals surface area contributed by atoms with Gasteiger partial charge in [0.05, 0.1) is 6.10 Å². The first kappa shape index (κ1) is 8.02. The summed E-state index contributed by atoms with van der Waals surface area (Å²) in [6.45, 7) is 2.97. The molecule has 0 saturated heterocycles. The number of nitrogens with two attached hydrogens (primary N) is 1. The van der Waals surface area contributed by atoms with Crippen LogP contribution in [0, 0.1) is 5.41 Å². The summed E-state index contributed by atoms with van der Waals surface area (Å²) >= 11 is 0. The Balaban J connectivity index is 2.38. The van der Waals surface area contributed by atoms with E-state index in [0.29, 0.717) is 5.41 Å². The third-order valence-electron chi connectivity index (χ3n) is 2.66. The first-order chi connectivity index (χ1) is 4.66. The highest BCUT2D eigenvalue weighted by atomic mass is 16.3. The minimum Gasteiger partial charge on any atom is -0.393 e. The Morgan fingerprint density at radius 2 is 2.00 bits per heavy atom. The minimum atomic E-state index is -0.0559. The summed E-state index contributed by atoms with van der Waals surface area (Å²) in [6.07, 6.45) is 4.00. The molecule has 1 fully saturated rings. The van der Waals surface area contributed by atoms with E-state index < -0.39 is 0 Å². The SMILES string of the molecule is CC1(CN)CCC(O)CC1. The van der Waals surface area contributed by atoms with Gasteiger partial charge in [-0.05, 0) is 37.6 Å². The van der Waals surface area contributed by atoms with Gasteiger partial charge in [0.2, 0.25) is 0 Å². The number of hydrogen-bond acceptors (Lipinski definition) is 2. The highest BCUT2D eigenvalue weighted by molar-refractivity contribution is 4.82. The maximum Gasteiger partial charge on any atom is 0.0540 e. The second-order valence-electron chi connectivity index (χ2n) is 3.75. The van der Waals surface area contributed by atoms with Crippen LogP contribution in [0.3, 0.4) is 0 Å². The van der Waals surface area contributed by atoms with E-state index in [4.69, 9.17) is 5.73 Å². The lowest BCUT2D eigenvalue weighted by molar-refractivity contribution is 0.0755. The van der Waals surface area contributed by atoms with Crippen LogP contribution >= 0.6 is 0 Å². The van der Waals surface area contributed by atoms with Crippen LogP contribution in [0.4, 0.5) is 0 Å². The molecule has 0 amide bonds. The third-order valence-corrected chi connectivity index (χ3v) is 2.66. The molecule has 0 heterocycles. The molecule has 1 aliphatic rings. The Bertz CT molecular complexity index is 106. The van der Waals surface area contributed by atoms with E-state index >= 15 is 0 Å². The smallest absolute Gasteiger partial charge is 0.0540 e. The highest BCUT2D eigenvalue weighted by Crippen LogP contribution is 2.34. The van der Waals surface area contributed by atoms with Crippen LogP contribution in [0.5, 0.6) is 0 Å². The molecule has 0 bridgehead atoms. The molecule has 0 radical (unpaired) electrons. The van der Waals surface area contributed by atoms with Crippen molar-refractivity contribution in [2.24, 2.45) is 11.1 Å². The van der Waals surface area contributed by atoms with Gasteiger partial charge in [-0.15, -0.1) is 0 Å². The van der Waals surface area contributed by atoms with Crippen molar-refractivity contribution in [3.63, 3.8) is 0 Å². The monoisotopic (exact) mass is 143 g/mol. The van der Waals surface area contributed by atoms with Gasteiger partial charge < -0.3 is 10.8 Å². The van der Waals surface area contributed by atoms with E-state index in [1.165, 1.54) is 0 Å². The van der Waals surface area contributed by atoms with E-state index in [-0.39, 0.29) is 6.10 Å². The van der Waals surface area contributed by atoms with Crippen LogP contribution in [0.2, 0.25) is 0 Å². The predicted molar refractivity (Wildman–Crippen MR) is 41.6 cm³/mol. The molecule has 0 aromatic carbocycles. The molecule has 1 rings (SSSR count). The molecule has 60 valence electrons. The van der Waals surface area contributed by atoms with E-state index in [0.717, 1.165) is 32.2 Å². The molecular weight excluding hydrogens is 126 g/mol. The van der Waals surface area contributed by atoms with Crippen LogP contribution < -0.4 is 5.73 Å². The fourth-order valence-electron chi connectivity index (χ4n) is 1.50. The Labute approximate surface area is 62.4 Å². The predicted octanol–water partition coefficient (Wildman–Crippen LogP) is 0.886. The molecule has 0 spiro atoms. The maximum atomic E-state index is 9.20. The van der Waals surface area contributed by atoms with Gasteiger partial charge in [-0.1, -0.05) is 6.92 Å².